The molecule has 0 N–H and O–H groups in total. The summed E-state index contributed by atoms with van der Waals surface area (Å²) < 4.78 is 0. The minimum atomic E-state index is 0.609. The number of aromatic nitrogens is 1. The maximum absolute atomic E-state index is 4.78. The standard InChI is InChI=1S/C18H21NS2/c1-13(2)15-8-5-14(6-9-15)7-10-18-19-16(12-21-18)17-4-3-11-20-17/h4-6,8-9,12-13H,3,7,10-11H2,1-2H3. The van der Waals surface area contributed by atoms with E-state index >= 15 is 0 Å². The molecule has 21 heavy (non-hydrogen) atoms. The Hall–Kier alpha value is -1.06. The van der Waals surface area contributed by atoms with Crippen molar-refractivity contribution in [2.24, 2.45) is 0 Å². The highest BCUT2D eigenvalue weighted by molar-refractivity contribution is 8.08. The van der Waals surface area contributed by atoms with Crippen molar-refractivity contribution in [3.05, 3.63) is 57.6 Å². The first-order valence-corrected chi connectivity index (χ1v) is 9.45. The van der Waals surface area contributed by atoms with Gasteiger partial charge in [0, 0.05) is 22.5 Å². The Kier molecular flexibility index (Phi) is 4.81. The topological polar surface area (TPSA) is 12.9 Å². The van der Waals surface area contributed by atoms with Crippen LogP contribution in [0.3, 0.4) is 0 Å². The van der Waals surface area contributed by atoms with Crippen molar-refractivity contribution in [2.75, 3.05) is 5.75 Å². The van der Waals surface area contributed by atoms with E-state index in [9.17, 15) is 0 Å². The maximum Gasteiger partial charge on any atom is 0.0936 e. The Morgan fingerprint density at radius 3 is 2.62 bits per heavy atom. The molecule has 2 heterocycles. The van der Waals surface area contributed by atoms with E-state index in [0.717, 1.165) is 12.8 Å². The van der Waals surface area contributed by atoms with Gasteiger partial charge in [-0.2, -0.15) is 0 Å². The quantitative estimate of drug-likeness (QED) is 0.719. The van der Waals surface area contributed by atoms with Crippen LogP contribution in [-0.4, -0.2) is 10.7 Å². The summed E-state index contributed by atoms with van der Waals surface area (Å²) in [6.45, 7) is 4.48. The minimum absolute atomic E-state index is 0.609. The molecule has 0 unspecified atom stereocenters. The molecule has 1 aromatic heterocycles. The number of hydrogen-bond acceptors (Lipinski definition) is 3. The summed E-state index contributed by atoms with van der Waals surface area (Å²) >= 11 is 3.73. The second-order valence-electron chi connectivity index (χ2n) is 5.73. The molecule has 0 fully saturated rings. The molecule has 1 aliphatic heterocycles. The molecule has 0 amide bonds. The summed E-state index contributed by atoms with van der Waals surface area (Å²) in [5, 5.41) is 3.47. The van der Waals surface area contributed by atoms with Crippen LogP contribution in [0.15, 0.2) is 35.7 Å². The number of thioether (sulfide) groups is 1. The zero-order chi connectivity index (χ0) is 14.7. The highest BCUT2D eigenvalue weighted by Crippen LogP contribution is 2.34. The second-order valence-corrected chi connectivity index (χ2v) is 7.81. The lowest BCUT2D eigenvalue weighted by atomic mass is 10.0. The van der Waals surface area contributed by atoms with Gasteiger partial charge in [-0.15, -0.1) is 23.1 Å². The normalized spacial score (nSPS) is 14.7. The highest BCUT2D eigenvalue weighted by Gasteiger charge is 2.11. The van der Waals surface area contributed by atoms with Gasteiger partial charge in [-0.25, -0.2) is 4.98 Å². The van der Waals surface area contributed by atoms with Crippen molar-refractivity contribution in [1.82, 2.24) is 4.98 Å². The molecule has 0 saturated carbocycles. The maximum atomic E-state index is 4.78. The van der Waals surface area contributed by atoms with E-state index in [1.807, 2.05) is 11.8 Å². The summed E-state index contributed by atoms with van der Waals surface area (Å²) in [5.41, 5.74) is 4.01. The molecular weight excluding hydrogens is 294 g/mol. The summed E-state index contributed by atoms with van der Waals surface area (Å²) in [4.78, 5) is 6.16. The van der Waals surface area contributed by atoms with E-state index in [-0.39, 0.29) is 0 Å². The van der Waals surface area contributed by atoms with Gasteiger partial charge in [0.25, 0.3) is 0 Å². The predicted octanol–water partition coefficient (Wildman–Crippen LogP) is 5.53. The molecule has 1 aliphatic rings. The first-order chi connectivity index (χ1) is 10.2. The molecule has 0 spiro atoms. The Labute approximate surface area is 135 Å². The second kappa shape index (κ2) is 6.80. The van der Waals surface area contributed by atoms with Crippen molar-refractivity contribution < 1.29 is 0 Å². The van der Waals surface area contributed by atoms with Crippen LogP contribution in [-0.2, 0) is 12.8 Å². The van der Waals surface area contributed by atoms with E-state index in [1.54, 1.807) is 11.3 Å². The van der Waals surface area contributed by atoms with Gasteiger partial charge in [0.1, 0.15) is 0 Å². The van der Waals surface area contributed by atoms with Crippen LogP contribution in [0.5, 0.6) is 0 Å². The summed E-state index contributed by atoms with van der Waals surface area (Å²) in [7, 11) is 0. The average molecular weight is 316 g/mol. The van der Waals surface area contributed by atoms with Gasteiger partial charge in [-0.1, -0.05) is 44.2 Å². The fraction of sp³-hybridized carbons (Fsp3) is 0.389. The third kappa shape index (κ3) is 3.78. The molecule has 2 aromatic rings. The molecule has 0 aliphatic carbocycles. The van der Waals surface area contributed by atoms with Crippen LogP contribution in [0, 0.1) is 0 Å². The lowest BCUT2D eigenvalue weighted by Crippen LogP contribution is -1.93. The zero-order valence-electron chi connectivity index (χ0n) is 12.6. The van der Waals surface area contributed by atoms with E-state index in [2.05, 4.69) is 49.6 Å². The van der Waals surface area contributed by atoms with Crippen LogP contribution in [0.4, 0.5) is 0 Å². The Morgan fingerprint density at radius 1 is 1.14 bits per heavy atom. The monoisotopic (exact) mass is 315 g/mol. The van der Waals surface area contributed by atoms with E-state index in [4.69, 9.17) is 4.98 Å². The van der Waals surface area contributed by atoms with Crippen LogP contribution < -0.4 is 0 Å². The molecule has 0 saturated heterocycles. The van der Waals surface area contributed by atoms with Crippen molar-refractivity contribution in [3.8, 4) is 0 Å². The SMILES string of the molecule is CC(C)c1ccc(CCc2nc(C3=CCCS3)cs2)cc1. The molecule has 1 nitrogen and oxygen atoms in total. The van der Waals surface area contributed by atoms with Crippen LogP contribution in [0.25, 0.3) is 4.91 Å². The largest absolute Gasteiger partial charge is 0.241 e. The van der Waals surface area contributed by atoms with Gasteiger partial charge in [-0.3, -0.25) is 0 Å². The minimum Gasteiger partial charge on any atom is -0.241 e. The molecular formula is C18H21NS2. The summed E-state index contributed by atoms with van der Waals surface area (Å²) in [6, 6.07) is 9.04. The number of allylic oxidation sites excluding steroid dienone is 1. The molecule has 3 heteroatoms. The third-order valence-electron chi connectivity index (χ3n) is 3.78. The summed E-state index contributed by atoms with van der Waals surface area (Å²) in [6.07, 6.45) is 5.63. The Balaban J connectivity index is 1.59. The lowest BCUT2D eigenvalue weighted by Gasteiger charge is -2.06. The number of rotatable bonds is 5. The van der Waals surface area contributed by atoms with Crippen molar-refractivity contribution in [1.29, 1.82) is 0 Å². The molecule has 0 radical (unpaired) electrons. The highest BCUT2D eigenvalue weighted by atomic mass is 32.2. The van der Waals surface area contributed by atoms with Gasteiger partial charge in [0.2, 0.25) is 0 Å². The first-order valence-electron chi connectivity index (χ1n) is 7.59. The lowest BCUT2D eigenvalue weighted by molar-refractivity contribution is 0.862. The van der Waals surface area contributed by atoms with Crippen LogP contribution in [0.2, 0.25) is 0 Å². The first kappa shape index (κ1) is 14.9. The summed E-state index contributed by atoms with van der Waals surface area (Å²) in [5.74, 6) is 1.82. The van der Waals surface area contributed by atoms with E-state index in [1.165, 1.54) is 38.9 Å². The van der Waals surface area contributed by atoms with Gasteiger partial charge in [0.15, 0.2) is 0 Å². The molecule has 110 valence electrons. The third-order valence-corrected chi connectivity index (χ3v) is 5.82. The van der Waals surface area contributed by atoms with Gasteiger partial charge in [0.05, 0.1) is 10.7 Å². The van der Waals surface area contributed by atoms with Crippen molar-refractivity contribution in [3.63, 3.8) is 0 Å². The van der Waals surface area contributed by atoms with Gasteiger partial charge < -0.3 is 0 Å². The number of thiazole rings is 1. The van der Waals surface area contributed by atoms with Crippen LogP contribution in [0.1, 0.15) is 48.0 Å². The number of hydrogen-bond donors (Lipinski definition) is 0. The fourth-order valence-electron chi connectivity index (χ4n) is 2.46. The number of benzene rings is 1. The van der Waals surface area contributed by atoms with Crippen LogP contribution >= 0.6 is 23.1 Å². The smallest absolute Gasteiger partial charge is 0.0936 e. The van der Waals surface area contributed by atoms with Gasteiger partial charge >= 0.3 is 0 Å². The average Bonchev–Trinajstić information content (AvgIpc) is 3.16. The van der Waals surface area contributed by atoms with E-state index in [0.29, 0.717) is 5.92 Å². The Morgan fingerprint density at radius 2 is 1.95 bits per heavy atom. The fourth-order valence-corrected chi connectivity index (χ4v) is 4.27. The van der Waals surface area contributed by atoms with Gasteiger partial charge in [-0.05, 0) is 29.9 Å². The number of nitrogens with zero attached hydrogens (tertiary/aromatic N) is 1. The molecule has 0 bridgehead atoms. The van der Waals surface area contributed by atoms with Crippen molar-refractivity contribution in [2.45, 2.75) is 39.0 Å². The zero-order valence-corrected chi connectivity index (χ0v) is 14.3. The van der Waals surface area contributed by atoms with E-state index < -0.39 is 0 Å². The molecule has 3 rings (SSSR count). The predicted molar refractivity (Wildman–Crippen MR) is 95.1 cm³/mol. The van der Waals surface area contributed by atoms with Crippen molar-refractivity contribution >= 4 is 28.0 Å². The molecule has 0 atom stereocenters. The molecule has 1 aromatic carbocycles. The number of aryl methyl sites for hydroxylation is 2. The Bertz CT molecular complexity index is 623.